The number of hydrogen-bond acceptors (Lipinski definition) is 4. The van der Waals surface area contributed by atoms with Gasteiger partial charge in [0.15, 0.2) is 5.82 Å². The lowest BCUT2D eigenvalue weighted by atomic mass is 10.1. The van der Waals surface area contributed by atoms with Crippen LogP contribution in [0.1, 0.15) is 12.1 Å². The zero-order valence-electron chi connectivity index (χ0n) is 12.6. The van der Waals surface area contributed by atoms with Gasteiger partial charge in [0.1, 0.15) is 5.75 Å². The fraction of sp³-hybridized carbons (Fsp3) is 0.438. The quantitative estimate of drug-likeness (QED) is 0.908. The van der Waals surface area contributed by atoms with Crippen LogP contribution in [0.25, 0.3) is 11.1 Å². The first kappa shape index (κ1) is 13.9. The molecule has 0 radical (unpaired) electrons. The molecule has 1 aromatic heterocycles. The second-order valence-electron chi connectivity index (χ2n) is 5.37. The number of ether oxygens (including phenoxy) is 1. The van der Waals surface area contributed by atoms with Crippen molar-refractivity contribution in [2.45, 2.75) is 13.3 Å². The van der Waals surface area contributed by atoms with Crippen LogP contribution in [0.3, 0.4) is 0 Å². The molecule has 112 valence electrons. The Labute approximate surface area is 125 Å². The summed E-state index contributed by atoms with van der Waals surface area (Å²) in [4.78, 5) is 2.36. The number of rotatable bonds is 3. The van der Waals surface area contributed by atoms with Crippen molar-refractivity contribution < 1.29 is 4.74 Å². The lowest BCUT2D eigenvalue weighted by molar-refractivity contribution is 0.415. The molecule has 1 aromatic carbocycles. The van der Waals surface area contributed by atoms with Gasteiger partial charge in [-0.1, -0.05) is 12.1 Å². The van der Waals surface area contributed by atoms with Crippen molar-refractivity contribution in [1.29, 1.82) is 0 Å². The molecule has 0 bridgehead atoms. The maximum atomic E-state index is 5.24. The number of nitrogens with zero attached hydrogens (tertiary/aromatic N) is 2. The minimum Gasteiger partial charge on any atom is -0.497 e. The summed E-state index contributed by atoms with van der Waals surface area (Å²) in [6.07, 6.45) is 1.15. The molecule has 5 heteroatoms. The summed E-state index contributed by atoms with van der Waals surface area (Å²) < 4.78 is 5.24. The third-order valence-electron chi connectivity index (χ3n) is 3.95. The molecule has 0 unspecified atom stereocenters. The summed E-state index contributed by atoms with van der Waals surface area (Å²) in [6.45, 7) is 6.20. The standard InChI is InChI=1S/C16H22N4O/c1-12-15(13-4-6-14(21-2)7-5-13)16(19-18-12)20-10-3-8-17-9-11-20/h4-7,17H,3,8-11H2,1-2H3,(H,18,19). The van der Waals surface area contributed by atoms with Crippen LogP contribution >= 0.6 is 0 Å². The number of benzene rings is 1. The highest BCUT2D eigenvalue weighted by atomic mass is 16.5. The molecule has 0 atom stereocenters. The van der Waals surface area contributed by atoms with Gasteiger partial charge in [-0.3, -0.25) is 5.10 Å². The van der Waals surface area contributed by atoms with Crippen molar-refractivity contribution in [2.75, 3.05) is 38.2 Å². The lowest BCUT2D eigenvalue weighted by Gasteiger charge is -2.21. The van der Waals surface area contributed by atoms with Gasteiger partial charge in [-0.25, -0.2) is 0 Å². The van der Waals surface area contributed by atoms with Crippen LogP contribution in [-0.4, -0.2) is 43.5 Å². The summed E-state index contributed by atoms with van der Waals surface area (Å²) in [6, 6.07) is 8.18. The van der Waals surface area contributed by atoms with Crippen LogP contribution in [0.2, 0.25) is 0 Å². The van der Waals surface area contributed by atoms with Gasteiger partial charge in [0.05, 0.1) is 7.11 Å². The number of methoxy groups -OCH3 is 1. The minimum absolute atomic E-state index is 0.875. The SMILES string of the molecule is COc1ccc(-c2c(N3CCCNCC3)n[nH]c2C)cc1. The Morgan fingerprint density at radius 2 is 1.95 bits per heavy atom. The lowest BCUT2D eigenvalue weighted by Crippen LogP contribution is -2.28. The molecule has 1 fully saturated rings. The smallest absolute Gasteiger partial charge is 0.158 e. The summed E-state index contributed by atoms with van der Waals surface area (Å²) in [5.41, 5.74) is 3.47. The topological polar surface area (TPSA) is 53.2 Å². The third-order valence-corrected chi connectivity index (χ3v) is 3.95. The fourth-order valence-corrected chi connectivity index (χ4v) is 2.81. The van der Waals surface area contributed by atoms with Crippen molar-refractivity contribution in [2.24, 2.45) is 0 Å². The highest BCUT2D eigenvalue weighted by Gasteiger charge is 2.19. The van der Waals surface area contributed by atoms with Gasteiger partial charge >= 0.3 is 0 Å². The molecule has 1 aliphatic heterocycles. The summed E-state index contributed by atoms with van der Waals surface area (Å²) in [5, 5.41) is 11.1. The van der Waals surface area contributed by atoms with Crippen molar-refractivity contribution in [3.63, 3.8) is 0 Å². The summed E-state index contributed by atoms with van der Waals surface area (Å²) in [7, 11) is 1.69. The van der Waals surface area contributed by atoms with Gasteiger partial charge in [-0.2, -0.15) is 5.10 Å². The normalized spacial score (nSPS) is 15.8. The van der Waals surface area contributed by atoms with E-state index in [1.54, 1.807) is 7.11 Å². The molecule has 0 spiro atoms. The van der Waals surface area contributed by atoms with Crippen molar-refractivity contribution in [1.82, 2.24) is 15.5 Å². The Kier molecular flexibility index (Phi) is 4.10. The molecule has 5 nitrogen and oxygen atoms in total. The van der Waals surface area contributed by atoms with E-state index in [9.17, 15) is 0 Å². The molecule has 2 N–H and O–H groups in total. The van der Waals surface area contributed by atoms with E-state index in [0.717, 1.165) is 49.9 Å². The second-order valence-corrected chi connectivity index (χ2v) is 5.37. The summed E-state index contributed by atoms with van der Waals surface area (Å²) in [5.74, 6) is 1.93. The first-order chi connectivity index (χ1) is 10.3. The van der Waals surface area contributed by atoms with Crippen LogP contribution in [0.4, 0.5) is 5.82 Å². The summed E-state index contributed by atoms with van der Waals surface area (Å²) >= 11 is 0. The van der Waals surface area contributed by atoms with Crippen LogP contribution in [0.15, 0.2) is 24.3 Å². The van der Waals surface area contributed by atoms with Gasteiger partial charge in [-0.15, -0.1) is 0 Å². The van der Waals surface area contributed by atoms with Crippen LogP contribution in [0.5, 0.6) is 5.75 Å². The van der Waals surface area contributed by atoms with E-state index in [1.807, 2.05) is 12.1 Å². The van der Waals surface area contributed by atoms with E-state index in [-0.39, 0.29) is 0 Å². The first-order valence-electron chi connectivity index (χ1n) is 7.44. The largest absolute Gasteiger partial charge is 0.497 e. The molecule has 0 amide bonds. The monoisotopic (exact) mass is 286 g/mol. The number of anilines is 1. The number of aromatic nitrogens is 2. The molecule has 21 heavy (non-hydrogen) atoms. The Hall–Kier alpha value is -2.01. The molecule has 1 saturated heterocycles. The number of nitrogens with one attached hydrogen (secondary N) is 2. The zero-order chi connectivity index (χ0) is 14.7. The Balaban J connectivity index is 1.95. The highest BCUT2D eigenvalue weighted by molar-refractivity contribution is 5.78. The fourth-order valence-electron chi connectivity index (χ4n) is 2.81. The average Bonchev–Trinajstić information content (AvgIpc) is 2.74. The highest BCUT2D eigenvalue weighted by Crippen LogP contribution is 2.33. The number of aryl methyl sites for hydroxylation is 1. The van der Waals surface area contributed by atoms with Gasteiger partial charge in [0, 0.05) is 30.9 Å². The van der Waals surface area contributed by atoms with E-state index < -0.39 is 0 Å². The Morgan fingerprint density at radius 3 is 2.71 bits per heavy atom. The van der Waals surface area contributed by atoms with Crippen molar-refractivity contribution >= 4 is 5.82 Å². The third kappa shape index (κ3) is 2.88. The van der Waals surface area contributed by atoms with Crippen LogP contribution in [0, 0.1) is 6.92 Å². The molecule has 1 aliphatic rings. The first-order valence-corrected chi connectivity index (χ1v) is 7.44. The van der Waals surface area contributed by atoms with Gasteiger partial charge in [-0.05, 0) is 37.6 Å². The van der Waals surface area contributed by atoms with E-state index >= 15 is 0 Å². The number of H-pyrrole nitrogens is 1. The molecule has 0 saturated carbocycles. The Bertz CT molecular complexity index is 583. The van der Waals surface area contributed by atoms with Gasteiger partial charge in [0.2, 0.25) is 0 Å². The average molecular weight is 286 g/mol. The van der Waals surface area contributed by atoms with Crippen LogP contribution in [-0.2, 0) is 0 Å². The van der Waals surface area contributed by atoms with Gasteiger partial charge in [0.25, 0.3) is 0 Å². The Morgan fingerprint density at radius 1 is 1.14 bits per heavy atom. The number of aromatic amines is 1. The molecule has 3 rings (SSSR count). The minimum atomic E-state index is 0.875. The number of hydrogen-bond donors (Lipinski definition) is 2. The molecular formula is C16H22N4O. The predicted octanol–water partition coefficient (Wildman–Crippen LogP) is 2.19. The molecular weight excluding hydrogens is 264 g/mol. The zero-order valence-corrected chi connectivity index (χ0v) is 12.6. The maximum absolute atomic E-state index is 5.24. The maximum Gasteiger partial charge on any atom is 0.158 e. The van der Waals surface area contributed by atoms with Crippen molar-refractivity contribution in [3.05, 3.63) is 30.0 Å². The van der Waals surface area contributed by atoms with Crippen molar-refractivity contribution in [3.8, 4) is 16.9 Å². The molecule has 2 aromatic rings. The van der Waals surface area contributed by atoms with Crippen LogP contribution < -0.4 is 15.0 Å². The van der Waals surface area contributed by atoms with E-state index in [1.165, 1.54) is 11.1 Å². The predicted molar refractivity (Wildman–Crippen MR) is 85.0 cm³/mol. The van der Waals surface area contributed by atoms with Gasteiger partial charge < -0.3 is 15.0 Å². The second kappa shape index (κ2) is 6.18. The van der Waals surface area contributed by atoms with E-state index in [2.05, 4.69) is 39.5 Å². The van der Waals surface area contributed by atoms with E-state index in [0.29, 0.717) is 0 Å². The molecule has 0 aliphatic carbocycles. The molecule has 2 heterocycles. The van der Waals surface area contributed by atoms with E-state index in [4.69, 9.17) is 4.74 Å².